The van der Waals surface area contributed by atoms with Crippen molar-refractivity contribution >= 4 is 23.0 Å². The summed E-state index contributed by atoms with van der Waals surface area (Å²) in [6.45, 7) is 0.00631. The first kappa shape index (κ1) is 17.5. The summed E-state index contributed by atoms with van der Waals surface area (Å²) in [7, 11) is 0. The summed E-state index contributed by atoms with van der Waals surface area (Å²) in [6.07, 6.45) is -4.77. The maximum absolute atomic E-state index is 12.8. The number of carbonyl (C=O) groups excluding carboxylic acids is 1. The van der Waals surface area contributed by atoms with Crippen molar-refractivity contribution in [1.82, 2.24) is 0 Å². The molecular formula is C18H13F3N4O. The molecule has 1 N–H and O–H groups in total. The number of hydrazone groups is 1. The highest BCUT2D eigenvalue weighted by Crippen LogP contribution is 2.30. The lowest BCUT2D eigenvalue weighted by Gasteiger charge is -2.18. The molecule has 0 radical (unpaired) electrons. The zero-order valence-electron chi connectivity index (χ0n) is 13.4. The number of carbonyl (C=O) groups is 1. The minimum absolute atomic E-state index is 0.00631. The number of para-hydroxylation sites is 1. The lowest BCUT2D eigenvalue weighted by atomic mass is 10.1. The number of hydrogen-bond acceptors (Lipinski definition) is 4. The molecule has 1 aliphatic heterocycles. The lowest BCUT2D eigenvalue weighted by Crippen LogP contribution is -2.21. The molecule has 0 aliphatic carbocycles. The summed E-state index contributed by atoms with van der Waals surface area (Å²) in [5, 5.41) is 16.5. The SMILES string of the molecule is N#Cc1ccc(N2CCC(C(F)(F)F)=N2)c(C(=O)Nc2ccccc2)c1. The fourth-order valence-corrected chi connectivity index (χ4v) is 2.56. The Balaban J connectivity index is 1.95. The van der Waals surface area contributed by atoms with E-state index in [1.165, 1.54) is 18.2 Å². The molecule has 0 atom stereocenters. The van der Waals surface area contributed by atoms with E-state index in [4.69, 9.17) is 5.26 Å². The smallest absolute Gasteiger partial charge is 0.322 e. The predicted molar refractivity (Wildman–Crippen MR) is 91.0 cm³/mol. The van der Waals surface area contributed by atoms with Crippen molar-refractivity contribution in [1.29, 1.82) is 5.26 Å². The minimum atomic E-state index is -4.51. The Bertz CT molecular complexity index is 901. The highest BCUT2D eigenvalue weighted by atomic mass is 19.4. The first-order chi connectivity index (χ1) is 12.4. The fourth-order valence-electron chi connectivity index (χ4n) is 2.56. The van der Waals surface area contributed by atoms with Crippen molar-refractivity contribution in [2.45, 2.75) is 12.6 Å². The van der Waals surface area contributed by atoms with Gasteiger partial charge >= 0.3 is 6.18 Å². The second-order valence-electron chi connectivity index (χ2n) is 5.58. The predicted octanol–water partition coefficient (Wildman–Crippen LogP) is 3.94. The van der Waals surface area contributed by atoms with Crippen LogP contribution in [-0.2, 0) is 0 Å². The van der Waals surface area contributed by atoms with E-state index in [9.17, 15) is 18.0 Å². The van der Waals surface area contributed by atoms with Crippen LogP contribution in [0.2, 0.25) is 0 Å². The molecule has 1 aliphatic rings. The molecule has 0 unspecified atom stereocenters. The highest BCUT2D eigenvalue weighted by Gasteiger charge is 2.39. The molecule has 2 aromatic rings. The van der Waals surface area contributed by atoms with E-state index in [0.29, 0.717) is 5.69 Å². The number of nitrogens with zero attached hydrogens (tertiary/aromatic N) is 3. The van der Waals surface area contributed by atoms with Gasteiger partial charge < -0.3 is 5.32 Å². The number of nitrogens with one attached hydrogen (secondary N) is 1. The van der Waals surface area contributed by atoms with Crippen molar-refractivity contribution in [3.05, 3.63) is 59.7 Å². The van der Waals surface area contributed by atoms with Crippen molar-refractivity contribution in [2.24, 2.45) is 5.10 Å². The topological polar surface area (TPSA) is 68.5 Å². The van der Waals surface area contributed by atoms with Gasteiger partial charge in [-0.05, 0) is 30.3 Å². The molecule has 3 rings (SSSR count). The van der Waals surface area contributed by atoms with Gasteiger partial charge in [-0.15, -0.1) is 0 Å². The molecule has 2 aromatic carbocycles. The number of anilines is 2. The van der Waals surface area contributed by atoms with Gasteiger partial charge in [0.25, 0.3) is 5.91 Å². The van der Waals surface area contributed by atoms with Crippen LogP contribution in [-0.4, -0.2) is 24.3 Å². The Labute approximate surface area is 147 Å². The highest BCUT2D eigenvalue weighted by molar-refractivity contribution is 6.08. The Morgan fingerprint density at radius 2 is 1.92 bits per heavy atom. The number of rotatable bonds is 3. The van der Waals surface area contributed by atoms with Gasteiger partial charge in [-0.1, -0.05) is 18.2 Å². The average molecular weight is 358 g/mol. The number of nitriles is 1. The third-order valence-corrected chi connectivity index (χ3v) is 3.81. The standard InChI is InChI=1S/C18H13F3N4O/c19-18(20,21)16-8-9-25(24-16)15-7-6-12(11-22)10-14(15)17(26)23-13-4-2-1-3-5-13/h1-7,10H,8-9H2,(H,23,26). The second-order valence-corrected chi connectivity index (χ2v) is 5.58. The molecule has 0 saturated heterocycles. The molecule has 0 bridgehead atoms. The quantitative estimate of drug-likeness (QED) is 0.904. The largest absolute Gasteiger partial charge is 0.431 e. The zero-order chi connectivity index (χ0) is 18.7. The molecule has 0 aromatic heterocycles. The molecule has 0 fully saturated rings. The monoisotopic (exact) mass is 358 g/mol. The summed E-state index contributed by atoms with van der Waals surface area (Å²) < 4.78 is 38.5. The van der Waals surface area contributed by atoms with Gasteiger partial charge in [-0.25, -0.2) is 0 Å². The molecule has 0 spiro atoms. The second kappa shape index (κ2) is 6.88. The van der Waals surface area contributed by atoms with Crippen LogP contribution < -0.4 is 10.3 Å². The maximum Gasteiger partial charge on any atom is 0.431 e. The number of alkyl halides is 3. The Hall–Kier alpha value is -3.34. The third-order valence-electron chi connectivity index (χ3n) is 3.81. The molecular weight excluding hydrogens is 345 g/mol. The van der Waals surface area contributed by atoms with E-state index in [2.05, 4.69) is 10.4 Å². The zero-order valence-corrected chi connectivity index (χ0v) is 13.4. The van der Waals surface area contributed by atoms with Crippen LogP contribution in [0.1, 0.15) is 22.3 Å². The first-order valence-electron chi connectivity index (χ1n) is 7.71. The van der Waals surface area contributed by atoms with E-state index in [0.717, 1.165) is 5.01 Å². The fraction of sp³-hybridized carbons (Fsp3) is 0.167. The van der Waals surface area contributed by atoms with Crippen molar-refractivity contribution in [3.8, 4) is 6.07 Å². The van der Waals surface area contributed by atoms with E-state index in [1.807, 2.05) is 6.07 Å². The van der Waals surface area contributed by atoms with Gasteiger partial charge in [0.15, 0.2) is 0 Å². The molecule has 1 heterocycles. The van der Waals surface area contributed by atoms with Gasteiger partial charge in [0, 0.05) is 18.7 Å². The van der Waals surface area contributed by atoms with Gasteiger partial charge in [-0.2, -0.15) is 23.5 Å². The maximum atomic E-state index is 12.8. The van der Waals surface area contributed by atoms with Gasteiger partial charge in [-0.3, -0.25) is 9.80 Å². The first-order valence-corrected chi connectivity index (χ1v) is 7.71. The van der Waals surface area contributed by atoms with Gasteiger partial charge in [0.05, 0.1) is 22.9 Å². The van der Waals surface area contributed by atoms with Crippen LogP contribution in [0, 0.1) is 11.3 Å². The van der Waals surface area contributed by atoms with Crippen molar-refractivity contribution in [2.75, 3.05) is 16.9 Å². The molecule has 26 heavy (non-hydrogen) atoms. The molecule has 8 heteroatoms. The molecule has 5 nitrogen and oxygen atoms in total. The summed E-state index contributed by atoms with van der Waals surface area (Å²) >= 11 is 0. The third kappa shape index (κ3) is 3.67. The van der Waals surface area contributed by atoms with E-state index < -0.39 is 17.8 Å². The van der Waals surface area contributed by atoms with E-state index in [1.54, 1.807) is 30.3 Å². The van der Waals surface area contributed by atoms with Crippen LogP contribution in [0.3, 0.4) is 0 Å². The number of halogens is 3. The van der Waals surface area contributed by atoms with Crippen LogP contribution >= 0.6 is 0 Å². The number of benzene rings is 2. The Kier molecular flexibility index (Phi) is 4.63. The van der Waals surface area contributed by atoms with Crippen LogP contribution in [0.15, 0.2) is 53.6 Å². The summed E-state index contributed by atoms with van der Waals surface area (Å²) in [6, 6.07) is 14.8. The number of hydrogen-bond donors (Lipinski definition) is 1. The van der Waals surface area contributed by atoms with E-state index in [-0.39, 0.29) is 29.8 Å². The van der Waals surface area contributed by atoms with E-state index >= 15 is 0 Å². The number of amides is 1. The molecule has 132 valence electrons. The van der Waals surface area contributed by atoms with Crippen LogP contribution in [0.5, 0.6) is 0 Å². The summed E-state index contributed by atoms with van der Waals surface area (Å²) in [4.78, 5) is 12.6. The normalized spacial score (nSPS) is 13.9. The van der Waals surface area contributed by atoms with Crippen molar-refractivity contribution < 1.29 is 18.0 Å². The average Bonchev–Trinajstić information content (AvgIpc) is 3.12. The molecule has 0 saturated carbocycles. The Morgan fingerprint density at radius 1 is 1.19 bits per heavy atom. The minimum Gasteiger partial charge on any atom is -0.322 e. The molecule has 1 amide bonds. The van der Waals surface area contributed by atoms with Crippen LogP contribution in [0.25, 0.3) is 0 Å². The lowest BCUT2D eigenvalue weighted by molar-refractivity contribution is -0.0598. The van der Waals surface area contributed by atoms with Crippen molar-refractivity contribution in [3.63, 3.8) is 0 Å². The summed E-state index contributed by atoms with van der Waals surface area (Å²) in [5.74, 6) is -0.529. The van der Waals surface area contributed by atoms with Gasteiger partial charge in [0.2, 0.25) is 0 Å². The summed E-state index contributed by atoms with van der Waals surface area (Å²) in [5.41, 5.74) is 0.172. The van der Waals surface area contributed by atoms with Gasteiger partial charge in [0.1, 0.15) is 5.71 Å². The Morgan fingerprint density at radius 3 is 2.54 bits per heavy atom. The van der Waals surface area contributed by atoms with Crippen LogP contribution in [0.4, 0.5) is 24.5 Å².